The molecule has 0 aliphatic carbocycles. The summed E-state index contributed by atoms with van der Waals surface area (Å²) in [5, 5.41) is 2.76. The Morgan fingerprint density at radius 2 is 2.25 bits per heavy atom. The van der Waals surface area contributed by atoms with Crippen molar-refractivity contribution in [3.05, 3.63) is 22.6 Å². The molecule has 1 amide bonds. The molecule has 1 unspecified atom stereocenters. The lowest BCUT2D eigenvalue weighted by molar-refractivity contribution is 0.0938. The molecule has 0 aromatic carbocycles. The zero-order chi connectivity index (χ0) is 12.3. The van der Waals surface area contributed by atoms with Crippen molar-refractivity contribution in [2.24, 2.45) is 11.7 Å². The Hall–Kier alpha value is -0.880. The van der Waals surface area contributed by atoms with Crippen LogP contribution in [0.25, 0.3) is 0 Å². The molecule has 0 spiro atoms. The van der Waals surface area contributed by atoms with E-state index in [0.717, 1.165) is 0 Å². The van der Waals surface area contributed by atoms with Crippen molar-refractivity contribution < 1.29 is 9.21 Å². The number of carbonyl (C=O) groups excluding carboxylic acids is 1. The van der Waals surface area contributed by atoms with E-state index >= 15 is 0 Å². The maximum atomic E-state index is 11.8. The minimum atomic E-state index is -0.315. The summed E-state index contributed by atoms with van der Waals surface area (Å²) in [6.45, 7) is 3.88. The van der Waals surface area contributed by atoms with Gasteiger partial charge in [-0.2, -0.15) is 0 Å². The molecule has 0 aliphatic heterocycles. The van der Waals surface area contributed by atoms with Crippen LogP contribution in [0.4, 0.5) is 0 Å². The van der Waals surface area contributed by atoms with Crippen molar-refractivity contribution in [2.45, 2.75) is 19.9 Å². The van der Waals surface area contributed by atoms with Gasteiger partial charge in [-0.25, -0.2) is 0 Å². The maximum absolute atomic E-state index is 11.8. The van der Waals surface area contributed by atoms with Crippen molar-refractivity contribution in [1.29, 1.82) is 0 Å². The standard InChI is InChI=1S/C10H13BrN2O2S/c1-5(2)7(9(12)16)13-10(14)6-3-4-15-8(6)11/h3-5,7H,1-2H3,(H2,12,16)(H,13,14). The monoisotopic (exact) mass is 304 g/mol. The topological polar surface area (TPSA) is 68.3 Å². The molecule has 0 fully saturated rings. The molecular weight excluding hydrogens is 292 g/mol. The van der Waals surface area contributed by atoms with Crippen LogP contribution in [0.15, 0.2) is 21.4 Å². The first-order valence-corrected chi connectivity index (χ1v) is 5.96. The Morgan fingerprint density at radius 3 is 2.62 bits per heavy atom. The Balaban J connectivity index is 2.77. The second-order valence-electron chi connectivity index (χ2n) is 3.71. The molecule has 1 aromatic heterocycles. The summed E-state index contributed by atoms with van der Waals surface area (Å²) in [6.07, 6.45) is 1.43. The molecule has 1 heterocycles. The summed E-state index contributed by atoms with van der Waals surface area (Å²) in [5.74, 6) is -0.112. The Kier molecular flexibility index (Phi) is 4.49. The van der Waals surface area contributed by atoms with Crippen LogP contribution in [0.5, 0.6) is 0 Å². The van der Waals surface area contributed by atoms with Gasteiger partial charge >= 0.3 is 0 Å². The number of hydrogen-bond donors (Lipinski definition) is 2. The van der Waals surface area contributed by atoms with Gasteiger partial charge in [-0.15, -0.1) is 0 Å². The molecule has 0 radical (unpaired) electrons. The van der Waals surface area contributed by atoms with Crippen LogP contribution in [0, 0.1) is 5.92 Å². The summed E-state index contributed by atoms with van der Waals surface area (Å²) in [5.41, 5.74) is 5.99. The van der Waals surface area contributed by atoms with Gasteiger partial charge in [0.1, 0.15) is 0 Å². The number of carbonyl (C=O) groups is 1. The smallest absolute Gasteiger partial charge is 0.256 e. The molecule has 0 aliphatic rings. The molecular formula is C10H13BrN2O2S. The van der Waals surface area contributed by atoms with Crippen molar-refractivity contribution in [2.75, 3.05) is 0 Å². The zero-order valence-corrected chi connectivity index (χ0v) is 11.4. The highest BCUT2D eigenvalue weighted by Crippen LogP contribution is 2.17. The van der Waals surface area contributed by atoms with E-state index in [1.165, 1.54) is 6.26 Å². The molecule has 6 heteroatoms. The van der Waals surface area contributed by atoms with Crippen molar-refractivity contribution >= 4 is 39.0 Å². The second-order valence-corrected chi connectivity index (χ2v) is 4.90. The van der Waals surface area contributed by atoms with Gasteiger partial charge in [0.15, 0.2) is 4.67 Å². The third-order valence-electron chi connectivity index (χ3n) is 2.12. The quantitative estimate of drug-likeness (QED) is 0.836. The average Bonchev–Trinajstić information content (AvgIpc) is 2.59. The minimum absolute atomic E-state index is 0.145. The fraction of sp³-hybridized carbons (Fsp3) is 0.400. The largest absolute Gasteiger partial charge is 0.457 e. The van der Waals surface area contributed by atoms with Gasteiger partial charge in [0, 0.05) is 0 Å². The molecule has 88 valence electrons. The molecule has 4 nitrogen and oxygen atoms in total. The molecule has 0 saturated heterocycles. The highest BCUT2D eigenvalue weighted by Gasteiger charge is 2.21. The van der Waals surface area contributed by atoms with E-state index in [1.54, 1.807) is 6.07 Å². The van der Waals surface area contributed by atoms with E-state index in [-0.39, 0.29) is 22.9 Å². The normalized spacial score (nSPS) is 12.5. The van der Waals surface area contributed by atoms with Crippen molar-refractivity contribution in [1.82, 2.24) is 5.32 Å². The van der Waals surface area contributed by atoms with Gasteiger partial charge in [-0.1, -0.05) is 26.1 Å². The molecule has 16 heavy (non-hydrogen) atoms. The van der Waals surface area contributed by atoms with Gasteiger partial charge < -0.3 is 15.5 Å². The lowest BCUT2D eigenvalue weighted by atomic mass is 10.0. The predicted octanol–water partition coefficient (Wildman–Crippen LogP) is 2.08. The van der Waals surface area contributed by atoms with E-state index in [9.17, 15) is 4.79 Å². The Bertz CT molecular complexity index is 403. The first-order valence-electron chi connectivity index (χ1n) is 4.76. The van der Waals surface area contributed by atoms with Gasteiger partial charge in [0.2, 0.25) is 0 Å². The molecule has 3 N–H and O–H groups in total. The zero-order valence-electron chi connectivity index (χ0n) is 8.99. The van der Waals surface area contributed by atoms with E-state index in [2.05, 4.69) is 21.2 Å². The first kappa shape index (κ1) is 13.2. The number of amides is 1. The predicted molar refractivity (Wildman–Crippen MR) is 69.3 cm³/mol. The van der Waals surface area contributed by atoms with E-state index in [4.69, 9.17) is 22.4 Å². The third kappa shape index (κ3) is 3.05. The molecule has 1 rings (SSSR count). The van der Waals surface area contributed by atoms with E-state index in [0.29, 0.717) is 10.2 Å². The average molecular weight is 305 g/mol. The number of halogens is 1. The maximum Gasteiger partial charge on any atom is 0.256 e. The van der Waals surface area contributed by atoms with Crippen LogP contribution in [0.3, 0.4) is 0 Å². The van der Waals surface area contributed by atoms with Crippen LogP contribution >= 0.6 is 28.1 Å². The fourth-order valence-electron chi connectivity index (χ4n) is 1.24. The SMILES string of the molecule is CC(C)C(NC(=O)c1ccoc1Br)C(N)=S. The summed E-state index contributed by atoms with van der Waals surface area (Å²) < 4.78 is 5.38. The van der Waals surface area contributed by atoms with Crippen LogP contribution in [0.1, 0.15) is 24.2 Å². The number of thiocarbonyl (C=S) groups is 1. The van der Waals surface area contributed by atoms with Gasteiger partial charge in [0.25, 0.3) is 5.91 Å². The molecule has 0 bridgehead atoms. The molecule has 0 saturated carbocycles. The van der Waals surface area contributed by atoms with Gasteiger partial charge in [-0.05, 0) is 27.9 Å². The van der Waals surface area contributed by atoms with E-state index < -0.39 is 0 Å². The fourth-order valence-corrected chi connectivity index (χ4v) is 1.99. The minimum Gasteiger partial charge on any atom is -0.457 e. The van der Waals surface area contributed by atoms with E-state index in [1.807, 2.05) is 13.8 Å². The van der Waals surface area contributed by atoms with Crippen LogP contribution < -0.4 is 11.1 Å². The van der Waals surface area contributed by atoms with Gasteiger partial charge in [0.05, 0.1) is 22.9 Å². The summed E-state index contributed by atoms with van der Waals surface area (Å²) in [7, 11) is 0. The molecule has 1 aromatic rings. The lowest BCUT2D eigenvalue weighted by Crippen LogP contribution is -2.46. The Morgan fingerprint density at radius 1 is 1.62 bits per heavy atom. The number of nitrogens with two attached hydrogens (primary N) is 1. The summed E-state index contributed by atoms with van der Waals surface area (Å²) in [4.78, 5) is 12.1. The summed E-state index contributed by atoms with van der Waals surface area (Å²) >= 11 is 8.04. The third-order valence-corrected chi connectivity index (χ3v) is 2.99. The number of furan rings is 1. The second kappa shape index (κ2) is 5.45. The lowest BCUT2D eigenvalue weighted by Gasteiger charge is -2.20. The highest BCUT2D eigenvalue weighted by atomic mass is 79.9. The molecule has 1 atom stereocenters. The van der Waals surface area contributed by atoms with Crippen LogP contribution in [-0.4, -0.2) is 16.9 Å². The van der Waals surface area contributed by atoms with Crippen molar-refractivity contribution in [3.8, 4) is 0 Å². The van der Waals surface area contributed by atoms with Crippen molar-refractivity contribution in [3.63, 3.8) is 0 Å². The van der Waals surface area contributed by atoms with Crippen LogP contribution in [0.2, 0.25) is 0 Å². The number of hydrogen-bond acceptors (Lipinski definition) is 3. The number of rotatable bonds is 4. The van der Waals surface area contributed by atoms with Crippen LogP contribution in [-0.2, 0) is 0 Å². The summed E-state index contributed by atoms with van der Waals surface area (Å²) in [6, 6.07) is 1.26. The number of nitrogens with one attached hydrogen (secondary N) is 1. The highest BCUT2D eigenvalue weighted by molar-refractivity contribution is 9.10. The Labute approximate surface area is 108 Å². The van der Waals surface area contributed by atoms with Gasteiger partial charge in [-0.3, -0.25) is 4.79 Å². The first-order chi connectivity index (χ1) is 7.43.